The van der Waals surface area contributed by atoms with Gasteiger partial charge in [0.2, 0.25) is 0 Å². The predicted octanol–water partition coefficient (Wildman–Crippen LogP) is 4.09. The number of H-pyrrole nitrogens is 1. The topological polar surface area (TPSA) is 51.0 Å². The Kier molecular flexibility index (Phi) is 3.17. The second-order valence-corrected chi connectivity index (χ2v) is 5.28. The van der Waals surface area contributed by atoms with Crippen LogP contribution in [0.3, 0.4) is 0 Å². The van der Waals surface area contributed by atoms with Gasteiger partial charge in [0.25, 0.3) is 0 Å². The zero-order valence-electron chi connectivity index (χ0n) is 10.2. The molecule has 0 bridgehead atoms. The molecule has 0 unspecified atom stereocenters. The van der Waals surface area contributed by atoms with Gasteiger partial charge in [-0.2, -0.15) is 0 Å². The number of nitrogens with one attached hydrogen (secondary N) is 1. The van der Waals surface area contributed by atoms with E-state index in [0.717, 1.165) is 32.4 Å². The molecule has 3 aromatic rings. The monoisotopic (exact) mass is 316 g/mol. The van der Waals surface area contributed by atoms with Crippen molar-refractivity contribution in [2.24, 2.45) is 0 Å². The molecule has 3 nitrogen and oxygen atoms in total. The van der Waals surface area contributed by atoms with E-state index in [0.29, 0.717) is 6.61 Å². The van der Waals surface area contributed by atoms with Crippen molar-refractivity contribution in [2.45, 2.75) is 6.61 Å². The molecule has 0 fully saturated rings. The number of aromatic nitrogens is 1. The van der Waals surface area contributed by atoms with E-state index in [1.165, 1.54) is 0 Å². The molecule has 19 heavy (non-hydrogen) atoms. The molecule has 0 atom stereocenters. The highest BCUT2D eigenvalue weighted by Crippen LogP contribution is 2.23. The molecule has 4 heteroatoms. The lowest BCUT2D eigenvalue weighted by Crippen LogP contribution is -1.94. The van der Waals surface area contributed by atoms with Crippen LogP contribution < -0.4 is 10.5 Å². The Labute approximate surface area is 119 Å². The molecule has 1 heterocycles. The van der Waals surface area contributed by atoms with Gasteiger partial charge in [-0.1, -0.05) is 22.0 Å². The molecular formula is C15H13BrN2O. The van der Waals surface area contributed by atoms with Crippen molar-refractivity contribution in [3.8, 4) is 5.75 Å². The fraction of sp³-hybridized carbons (Fsp3) is 0.0667. The van der Waals surface area contributed by atoms with Gasteiger partial charge in [0.05, 0.1) is 0 Å². The molecule has 1 aromatic heterocycles. The van der Waals surface area contributed by atoms with E-state index >= 15 is 0 Å². The fourth-order valence-electron chi connectivity index (χ4n) is 2.02. The Morgan fingerprint density at radius 3 is 2.68 bits per heavy atom. The molecule has 2 aromatic carbocycles. The Bertz CT molecular complexity index is 704. The van der Waals surface area contributed by atoms with Gasteiger partial charge >= 0.3 is 0 Å². The Hall–Kier alpha value is -1.94. The lowest BCUT2D eigenvalue weighted by molar-refractivity contribution is 0.307. The van der Waals surface area contributed by atoms with Crippen molar-refractivity contribution < 1.29 is 4.74 Å². The van der Waals surface area contributed by atoms with Crippen molar-refractivity contribution in [3.63, 3.8) is 0 Å². The first-order valence-corrected chi connectivity index (χ1v) is 6.75. The maximum Gasteiger partial charge on any atom is 0.119 e. The van der Waals surface area contributed by atoms with Crippen LogP contribution in [0.15, 0.2) is 53.1 Å². The number of halogens is 1. The van der Waals surface area contributed by atoms with E-state index < -0.39 is 0 Å². The molecular weight excluding hydrogens is 304 g/mol. The number of fused-ring (bicyclic) bond motifs is 1. The van der Waals surface area contributed by atoms with Crippen molar-refractivity contribution in [1.29, 1.82) is 0 Å². The molecule has 0 saturated carbocycles. The van der Waals surface area contributed by atoms with Gasteiger partial charge in [0.1, 0.15) is 12.4 Å². The van der Waals surface area contributed by atoms with E-state index in [-0.39, 0.29) is 0 Å². The van der Waals surface area contributed by atoms with Crippen molar-refractivity contribution in [2.75, 3.05) is 5.73 Å². The average molecular weight is 317 g/mol. The zero-order chi connectivity index (χ0) is 13.2. The zero-order valence-corrected chi connectivity index (χ0v) is 11.8. The summed E-state index contributed by atoms with van der Waals surface area (Å²) in [6.07, 6.45) is 1.96. The molecule has 96 valence electrons. The summed E-state index contributed by atoms with van der Waals surface area (Å²) in [4.78, 5) is 3.21. The number of ether oxygens (including phenoxy) is 1. The highest BCUT2D eigenvalue weighted by molar-refractivity contribution is 9.10. The number of benzene rings is 2. The van der Waals surface area contributed by atoms with Crippen molar-refractivity contribution in [3.05, 3.63) is 58.7 Å². The van der Waals surface area contributed by atoms with Gasteiger partial charge in [0, 0.05) is 32.8 Å². The number of aromatic amines is 1. The molecule has 3 N–H and O–H groups in total. The number of anilines is 1. The number of rotatable bonds is 3. The summed E-state index contributed by atoms with van der Waals surface area (Å²) < 4.78 is 6.82. The van der Waals surface area contributed by atoms with Crippen LogP contribution >= 0.6 is 15.9 Å². The first-order chi connectivity index (χ1) is 9.22. The van der Waals surface area contributed by atoms with E-state index in [2.05, 4.69) is 20.9 Å². The van der Waals surface area contributed by atoms with Crippen LogP contribution in [-0.2, 0) is 6.61 Å². The first-order valence-electron chi connectivity index (χ1n) is 5.96. The number of nitrogens with two attached hydrogens (primary N) is 1. The fourth-order valence-corrected chi connectivity index (χ4v) is 2.28. The molecule has 0 aliphatic heterocycles. The lowest BCUT2D eigenvalue weighted by Gasteiger charge is -2.05. The highest BCUT2D eigenvalue weighted by atomic mass is 79.9. The summed E-state index contributed by atoms with van der Waals surface area (Å²) in [6.45, 7) is 0.533. The summed E-state index contributed by atoms with van der Waals surface area (Å²) in [5.41, 5.74) is 8.68. The maximum atomic E-state index is 5.77. The molecule has 0 spiro atoms. The maximum absolute atomic E-state index is 5.77. The van der Waals surface area contributed by atoms with Gasteiger partial charge in [0.15, 0.2) is 0 Å². The Balaban J connectivity index is 1.80. The van der Waals surface area contributed by atoms with E-state index in [1.54, 1.807) is 0 Å². The molecule has 0 radical (unpaired) electrons. The predicted molar refractivity (Wildman–Crippen MR) is 81.2 cm³/mol. The molecule has 3 rings (SSSR count). The molecule has 0 saturated heterocycles. The van der Waals surface area contributed by atoms with Gasteiger partial charge in [-0.15, -0.1) is 0 Å². The second kappa shape index (κ2) is 4.97. The number of hydrogen-bond acceptors (Lipinski definition) is 2. The van der Waals surface area contributed by atoms with Crippen LogP contribution in [0.1, 0.15) is 5.56 Å². The summed E-state index contributed by atoms with van der Waals surface area (Å²) in [5, 5.41) is 1.14. The minimum absolute atomic E-state index is 0.533. The smallest absolute Gasteiger partial charge is 0.119 e. The van der Waals surface area contributed by atoms with Crippen molar-refractivity contribution in [1.82, 2.24) is 4.98 Å². The second-order valence-electron chi connectivity index (χ2n) is 4.36. The van der Waals surface area contributed by atoms with Gasteiger partial charge < -0.3 is 15.5 Å². The SMILES string of the molecule is Nc1ccc2c(COc3ccc(Br)cc3)c[nH]c2c1. The van der Waals surface area contributed by atoms with Crippen LogP contribution in [0.25, 0.3) is 10.9 Å². The average Bonchev–Trinajstić information content (AvgIpc) is 2.80. The van der Waals surface area contributed by atoms with Crippen LogP contribution in [0.2, 0.25) is 0 Å². The molecule has 0 amide bonds. The third kappa shape index (κ3) is 2.58. The molecule has 0 aliphatic carbocycles. The van der Waals surface area contributed by atoms with Crippen LogP contribution in [0.4, 0.5) is 5.69 Å². The third-order valence-electron chi connectivity index (χ3n) is 3.00. The number of nitrogen functional groups attached to an aromatic ring is 1. The van der Waals surface area contributed by atoms with Crippen LogP contribution in [0, 0.1) is 0 Å². The van der Waals surface area contributed by atoms with E-state index in [4.69, 9.17) is 10.5 Å². The van der Waals surface area contributed by atoms with Gasteiger partial charge in [-0.3, -0.25) is 0 Å². The summed E-state index contributed by atoms with van der Waals surface area (Å²) in [6, 6.07) is 13.7. The summed E-state index contributed by atoms with van der Waals surface area (Å²) in [7, 11) is 0. The van der Waals surface area contributed by atoms with Gasteiger partial charge in [-0.25, -0.2) is 0 Å². The normalized spacial score (nSPS) is 10.8. The minimum Gasteiger partial charge on any atom is -0.489 e. The summed E-state index contributed by atoms with van der Waals surface area (Å²) >= 11 is 3.40. The minimum atomic E-state index is 0.533. The summed E-state index contributed by atoms with van der Waals surface area (Å²) in [5.74, 6) is 0.855. The van der Waals surface area contributed by atoms with E-state index in [9.17, 15) is 0 Å². The van der Waals surface area contributed by atoms with Gasteiger partial charge in [-0.05, 0) is 36.4 Å². The number of hydrogen-bond donors (Lipinski definition) is 2. The highest BCUT2D eigenvalue weighted by Gasteiger charge is 2.04. The van der Waals surface area contributed by atoms with Crippen LogP contribution in [0.5, 0.6) is 5.75 Å². The molecule has 0 aliphatic rings. The quantitative estimate of drug-likeness (QED) is 0.715. The van der Waals surface area contributed by atoms with Crippen LogP contribution in [-0.4, -0.2) is 4.98 Å². The largest absolute Gasteiger partial charge is 0.489 e. The van der Waals surface area contributed by atoms with Crippen molar-refractivity contribution >= 4 is 32.5 Å². The Morgan fingerprint density at radius 1 is 1.11 bits per heavy atom. The Morgan fingerprint density at radius 2 is 1.89 bits per heavy atom. The lowest BCUT2D eigenvalue weighted by atomic mass is 10.2. The standard InChI is InChI=1S/C15H13BrN2O/c16-11-1-4-13(5-2-11)19-9-10-8-18-15-7-12(17)3-6-14(10)15/h1-8,18H,9,17H2. The first kappa shape index (κ1) is 12.1. The third-order valence-corrected chi connectivity index (χ3v) is 3.53. The van der Waals surface area contributed by atoms with E-state index in [1.807, 2.05) is 48.7 Å².